The van der Waals surface area contributed by atoms with Crippen LogP contribution in [0.5, 0.6) is 11.5 Å². The first-order chi connectivity index (χ1) is 13.8. The van der Waals surface area contributed by atoms with Gasteiger partial charge in [-0.15, -0.1) is 13.2 Å². The summed E-state index contributed by atoms with van der Waals surface area (Å²) in [5, 5.41) is 9.22. The van der Waals surface area contributed by atoms with Crippen molar-refractivity contribution in [3.8, 4) is 22.6 Å². The van der Waals surface area contributed by atoms with Crippen molar-refractivity contribution in [2.45, 2.75) is 19.4 Å². The van der Waals surface area contributed by atoms with Crippen molar-refractivity contribution in [3.63, 3.8) is 0 Å². The number of rotatable bonds is 7. The molecule has 0 radical (unpaired) electrons. The van der Waals surface area contributed by atoms with Crippen LogP contribution in [0.4, 0.5) is 13.2 Å². The Morgan fingerprint density at radius 2 is 1.59 bits per heavy atom. The molecule has 3 aromatic carbocycles. The zero-order chi connectivity index (χ0) is 20.9. The van der Waals surface area contributed by atoms with Gasteiger partial charge in [-0.25, -0.2) is 0 Å². The van der Waals surface area contributed by atoms with E-state index in [9.17, 15) is 23.1 Å². The molecule has 0 bridgehead atoms. The van der Waals surface area contributed by atoms with Gasteiger partial charge in [-0.05, 0) is 29.3 Å². The van der Waals surface area contributed by atoms with E-state index in [1.54, 1.807) is 18.2 Å². The number of ether oxygens (including phenoxy) is 2. The van der Waals surface area contributed by atoms with Crippen LogP contribution in [0.15, 0.2) is 72.8 Å². The molecule has 0 aliphatic rings. The number of carboxylic acid groups (broad SMARTS) is 1. The summed E-state index contributed by atoms with van der Waals surface area (Å²) in [4.78, 5) is 11.3. The Morgan fingerprint density at radius 1 is 0.897 bits per heavy atom. The van der Waals surface area contributed by atoms with Crippen LogP contribution in [0, 0.1) is 0 Å². The van der Waals surface area contributed by atoms with Gasteiger partial charge >= 0.3 is 12.3 Å². The van der Waals surface area contributed by atoms with Crippen molar-refractivity contribution in [1.29, 1.82) is 0 Å². The molecule has 0 aromatic heterocycles. The predicted molar refractivity (Wildman–Crippen MR) is 101 cm³/mol. The van der Waals surface area contributed by atoms with Gasteiger partial charge in [0.1, 0.15) is 18.1 Å². The van der Waals surface area contributed by atoms with Crippen molar-refractivity contribution in [2.24, 2.45) is 0 Å². The summed E-state index contributed by atoms with van der Waals surface area (Å²) in [6.07, 6.45) is -5.17. The normalized spacial score (nSPS) is 11.1. The van der Waals surface area contributed by atoms with E-state index in [2.05, 4.69) is 4.74 Å². The van der Waals surface area contributed by atoms with E-state index in [1.165, 1.54) is 24.3 Å². The molecule has 3 rings (SSSR count). The van der Waals surface area contributed by atoms with Crippen LogP contribution in [0.3, 0.4) is 0 Å². The highest BCUT2D eigenvalue weighted by atomic mass is 19.4. The number of carboxylic acids is 1. The van der Waals surface area contributed by atoms with Crippen LogP contribution in [0.2, 0.25) is 0 Å². The van der Waals surface area contributed by atoms with E-state index in [1.807, 2.05) is 30.3 Å². The fraction of sp³-hybridized carbons (Fsp3) is 0.136. The lowest BCUT2D eigenvalue weighted by Gasteiger charge is -2.16. The second-order valence-electron chi connectivity index (χ2n) is 6.21. The Morgan fingerprint density at radius 3 is 2.28 bits per heavy atom. The number of halogens is 3. The zero-order valence-electron chi connectivity index (χ0n) is 15.1. The minimum atomic E-state index is -4.83. The summed E-state index contributed by atoms with van der Waals surface area (Å²) >= 11 is 0. The second kappa shape index (κ2) is 8.68. The van der Waals surface area contributed by atoms with Crippen LogP contribution in [0.25, 0.3) is 11.1 Å². The highest BCUT2D eigenvalue weighted by Crippen LogP contribution is 2.36. The quantitative estimate of drug-likeness (QED) is 0.570. The number of alkyl halides is 3. The van der Waals surface area contributed by atoms with E-state index in [0.717, 1.165) is 5.56 Å². The summed E-state index contributed by atoms with van der Waals surface area (Å²) in [6, 6.07) is 19.7. The fourth-order valence-corrected chi connectivity index (χ4v) is 2.84. The van der Waals surface area contributed by atoms with E-state index in [0.29, 0.717) is 16.9 Å². The molecule has 0 aliphatic carbocycles. The van der Waals surface area contributed by atoms with Gasteiger partial charge in [0, 0.05) is 11.1 Å². The van der Waals surface area contributed by atoms with Gasteiger partial charge < -0.3 is 14.6 Å². The number of aliphatic carboxylic acids is 1. The molecule has 0 atom stereocenters. The monoisotopic (exact) mass is 402 g/mol. The van der Waals surface area contributed by atoms with Crippen molar-refractivity contribution in [1.82, 2.24) is 0 Å². The standard InChI is InChI=1S/C22H17F3O4/c23-22(24,25)29-20-9-5-4-8-18(20)16-10-11-19(17(12-16)13-21(26)27)28-14-15-6-2-1-3-7-15/h1-12H,13-14H2,(H,26,27). The molecule has 0 fully saturated rings. The second-order valence-corrected chi connectivity index (χ2v) is 6.21. The lowest BCUT2D eigenvalue weighted by Crippen LogP contribution is -2.17. The van der Waals surface area contributed by atoms with Crippen LogP contribution in [0.1, 0.15) is 11.1 Å². The summed E-state index contributed by atoms with van der Waals surface area (Å²) < 4.78 is 47.9. The fourth-order valence-electron chi connectivity index (χ4n) is 2.84. The maximum atomic E-state index is 12.7. The van der Waals surface area contributed by atoms with Crippen LogP contribution in [-0.4, -0.2) is 17.4 Å². The van der Waals surface area contributed by atoms with Crippen LogP contribution < -0.4 is 9.47 Å². The Labute approximate surface area is 165 Å². The smallest absolute Gasteiger partial charge is 0.489 e. The van der Waals surface area contributed by atoms with Crippen molar-refractivity contribution < 1.29 is 32.5 Å². The van der Waals surface area contributed by atoms with Gasteiger partial charge in [-0.2, -0.15) is 0 Å². The molecule has 0 amide bonds. The number of carbonyl (C=O) groups is 1. The van der Waals surface area contributed by atoms with E-state index in [-0.39, 0.29) is 24.3 Å². The van der Waals surface area contributed by atoms with E-state index < -0.39 is 12.3 Å². The van der Waals surface area contributed by atoms with Crippen molar-refractivity contribution >= 4 is 5.97 Å². The minimum absolute atomic E-state index is 0.200. The molecule has 0 heterocycles. The van der Waals surface area contributed by atoms with Gasteiger partial charge in [0.25, 0.3) is 0 Å². The van der Waals surface area contributed by atoms with E-state index >= 15 is 0 Å². The Kier molecular flexibility index (Phi) is 6.07. The molecular formula is C22H17F3O4. The molecular weight excluding hydrogens is 385 g/mol. The first-order valence-electron chi connectivity index (χ1n) is 8.68. The highest BCUT2D eigenvalue weighted by Gasteiger charge is 2.32. The van der Waals surface area contributed by atoms with Crippen molar-refractivity contribution in [2.75, 3.05) is 0 Å². The SMILES string of the molecule is O=C(O)Cc1cc(-c2ccccc2OC(F)(F)F)ccc1OCc1ccccc1. The molecule has 4 nitrogen and oxygen atoms in total. The molecule has 0 aliphatic heterocycles. The van der Waals surface area contributed by atoms with Gasteiger partial charge in [-0.1, -0.05) is 54.6 Å². The molecule has 29 heavy (non-hydrogen) atoms. The van der Waals surface area contributed by atoms with E-state index in [4.69, 9.17) is 4.74 Å². The van der Waals surface area contributed by atoms with Crippen molar-refractivity contribution in [3.05, 3.63) is 83.9 Å². The molecule has 7 heteroatoms. The maximum absolute atomic E-state index is 12.7. The first kappa shape index (κ1) is 20.3. The highest BCUT2D eigenvalue weighted by molar-refractivity contribution is 5.76. The first-order valence-corrected chi connectivity index (χ1v) is 8.68. The molecule has 150 valence electrons. The third kappa shape index (κ3) is 5.75. The lowest BCUT2D eigenvalue weighted by atomic mass is 10.00. The van der Waals surface area contributed by atoms with Gasteiger partial charge in [0.05, 0.1) is 6.42 Å². The summed E-state index contributed by atoms with van der Waals surface area (Å²) in [5.74, 6) is -1.08. The molecule has 0 spiro atoms. The largest absolute Gasteiger partial charge is 0.573 e. The van der Waals surface area contributed by atoms with Gasteiger partial charge in [-0.3, -0.25) is 4.79 Å². The third-order valence-electron chi connectivity index (χ3n) is 4.06. The Hall–Kier alpha value is -3.48. The van der Waals surface area contributed by atoms with Gasteiger partial charge in [0.15, 0.2) is 0 Å². The summed E-state index contributed by atoms with van der Waals surface area (Å²) in [5.41, 5.74) is 1.86. The lowest BCUT2D eigenvalue weighted by molar-refractivity contribution is -0.274. The summed E-state index contributed by atoms with van der Waals surface area (Å²) in [7, 11) is 0. The summed E-state index contributed by atoms with van der Waals surface area (Å²) in [6.45, 7) is 0.237. The molecule has 0 saturated carbocycles. The number of hydrogen-bond acceptors (Lipinski definition) is 3. The topological polar surface area (TPSA) is 55.8 Å². The number of para-hydroxylation sites is 1. The number of hydrogen-bond donors (Lipinski definition) is 1. The molecule has 0 unspecified atom stereocenters. The predicted octanol–water partition coefficient (Wildman–Crippen LogP) is 5.46. The van der Waals surface area contributed by atoms with Crippen LogP contribution in [-0.2, 0) is 17.8 Å². The minimum Gasteiger partial charge on any atom is -0.489 e. The number of benzene rings is 3. The average Bonchev–Trinajstić information content (AvgIpc) is 2.66. The maximum Gasteiger partial charge on any atom is 0.573 e. The molecule has 1 N–H and O–H groups in total. The molecule has 3 aromatic rings. The Bertz CT molecular complexity index is 985. The Balaban J connectivity index is 1.93. The van der Waals surface area contributed by atoms with Crippen LogP contribution >= 0.6 is 0 Å². The molecule has 0 saturated heterocycles. The van der Waals surface area contributed by atoms with Gasteiger partial charge in [0.2, 0.25) is 0 Å². The third-order valence-corrected chi connectivity index (χ3v) is 4.06. The zero-order valence-corrected chi connectivity index (χ0v) is 15.1. The average molecular weight is 402 g/mol.